The number of aryl methyl sites for hydroxylation is 1. The van der Waals surface area contributed by atoms with Crippen LogP contribution in [0.4, 0.5) is 0 Å². The number of fused-ring (bicyclic) bond motifs is 2. The van der Waals surface area contributed by atoms with Crippen molar-refractivity contribution in [3.05, 3.63) is 18.0 Å². The fourth-order valence-corrected chi connectivity index (χ4v) is 4.15. The van der Waals surface area contributed by atoms with Crippen molar-refractivity contribution < 1.29 is 0 Å². The van der Waals surface area contributed by atoms with Gasteiger partial charge >= 0.3 is 0 Å². The molecule has 0 aliphatic heterocycles. The van der Waals surface area contributed by atoms with Crippen molar-refractivity contribution in [2.24, 2.45) is 23.6 Å². The summed E-state index contributed by atoms with van der Waals surface area (Å²) in [7, 11) is 0. The number of hydrazine groups is 1. The number of nitrogens with two attached hydrogens (primary N) is 1. The lowest BCUT2D eigenvalue weighted by atomic mass is 9.83. The minimum Gasteiger partial charge on any atom is -0.271 e. The van der Waals surface area contributed by atoms with Crippen LogP contribution in [0.25, 0.3) is 0 Å². The molecule has 4 unspecified atom stereocenters. The van der Waals surface area contributed by atoms with Gasteiger partial charge in [-0.3, -0.25) is 16.0 Å². The molecule has 0 spiro atoms. The SMILES string of the molecule is CCn1nccc1C(CC1CC2CCC1C2)NN. The van der Waals surface area contributed by atoms with Crippen molar-refractivity contribution in [1.82, 2.24) is 15.2 Å². The molecule has 2 aliphatic carbocycles. The maximum atomic E-state index is 5.77. The first-order chi connectivity index (χ1) is 8.81. The van der Waals surface area contributed by atoms with Crippen LogP contribution in [0, 0.1) is 17.8 Å². The van der Waals surface area contributed by atoms with E-state index in [0.717, 1.165) is 24.3 Å². The quantitative estimate of drug-likeness (QED) is 0.620. The fraction of sp³-hybridized carbons (Fsp3) is 0.786. The molecule has 0 radical (unpaired) electrons. The van der Waals surface area contributed by atoms with Crippen LogP contribution in [0.3, 0.4) is 0 Å². The Kier molecular flexibility index (Phi) is 3.39. The molecule has 1 heterocycles. The third-order valence-corrected chi connectivity index (χ3v) is 5.03. The molecule has 4 atom stereocenters. The molecule has 1 aromatic heterocycles. The molecular weight excluding hydrogens is 224 g/mol. The van der Waals surface area contributed by atoms with Crippen LogP contribution < -0.4 is 11.3 Å². The van der Waals surface area contributed by atoms with Crippen LogP contribution in [0.2, 0.25) is 0 Å². The van der Waals surface area contributed by atoms with Gasteiger partial charge in [-0.25, -0.2) is 0 Å². The monoisotopic (exact) mass is 248 g/mol. The summed E-state index contributed by atoms with van der Waals surface area (Å²) < 4.78 is 2.05. The van der Waals surface area contributed by atoms with Gasteiger partial charge in [0.1, 0.15) is 0 Å². The summed E-state index contributed by atoms with van der Waals surface area (Å²) in [4.78, 5) is 0. The van der Waals surface area contributed by atoms with Crippen LogP contribution >= 0.6 is 0 Å². The summed E-state index contributed by atoms with van der Waals surface area (Å²) in [5.74, 6) is 8.61. The van der Waals surface area contributed by atoms with Gasteiger partial charge in [0.2, 0.25) is 0 Å². The molecule has 0 amide bonds. The second-order valence-corrected chi connectivity index (χ2v) is 5.96. The smallest absolute Gasteiger partial charge is 0.0631 e. The molecule has 100 valence electrons. The van der Waals surface area contributed by atoms with Gasteiger partial charge in [-0.05, 0) is 56.4 Å². The Morgan fingerprint density at radius 1 is 1.50 bits per heavy atom. The molecule has 0 aromatic carbocycles. The third-order valence-electron chi connectivity index (χ3n) is 5.03. The van der Waals surface area contributed by atoms with Gasteiger partial charge in [0.25, 0.3) is 0 Å². The van der Waals surface area contributed by atoms with Crippen molar-refractivity contribution in [3.63, 3.8) is 0 Å². The summed E-state index contributed by atoms with van der Waals surface area (Å²) in [5, 5.41) is 4.35. The first kappa shape index (κ1) is 12.2. The molecule has 1 aromatic rings. The highest BCUT2D eigenvalue weighted by Gasteiger charge is 2.40. The van der Waals surface area contributed by atoms with Gasteiger partial charge in [0.05, 0.1) is 11.7 Å². The van der Waals surface area contributed by atoms with Crippen LogP contribution in [0.15, 0.2) is 12.3 Å². The van der Waals surface area contributed by atoms with E-state index in [1.165, 1.54) is 37.8 Å². The lowest BCUT2D eigenvalue weighted by molar-refractivity contribution is 0.274. The average Bonchev–Trinajstić information content (AvgIpc) is 3.10. The summed E-state index contributed by atoms with van der Waals surface area (Å²) >= 11 is 0. The second-order valence-electron chi connectivity index (χ2n) is 5.96. The van der Waals surface area contributed by atoms with Gasteiger partial charge in [-0.2, -0.15) is 5.10 Å². The lowest BCUT2D eigenvalue weighted by Gasteiger charge is -2.26. The van der Waals surface area contributed by atoms with Crippen molar-refractivity contribution >= 4 is 0 Å². The van der Waals surface area contributed by atoms with Crippen molar-refractivity contribution in [3.8, 4) is 0 Å². The van der Waals surface area contributed by atoms with Gasteiger partial charge in [0.15, 0.2) is 0 Å². The molecule has 2 aliphatic rings. The van der Waals surface area contributed by atoms with Gasteiger partial charge in [-0.1, -0.05) is 6.42 Å². The standard InChI is InChI=1S/C14H24N4/c1-2-18-14(5-6-16-18)13(17-15)9-12-8-10-3-4-11(12)7-10/h5-6,10-13,17H,2-4,7-9,15H2,1H3. The van der Waals surface area contributed by atoms with Gasteiger partial charge in [0, 0.05) is 12.7 Å². The van der Waals surface area contributed by atoms with E-state index in [9.17, 15) is 0 Å². The van der Waals surface area contributed by atoms with E-state index in [0.29, 0.717) is 0 Å². The van der Waals surface area contributed by atoms with E-state index in [-0.39, 0.29) is 6.04 Å². The number of rotatable bonds is 5. The topological polar surface area (TPSA) is 55.9 Å². The number of hydrogen-bond acceptors (Lipinski definition) is 3. The Labute approximate surface area is 109 Å². The highest BCUT2D eigenvalue weighted by atomic mass is 15.3. The molecule has 2 bridgehead atoms. The minimum absolute atomic E-state index is 0.261. The van der Waals surface area contributed by atoms with Crippen molar-refractivity contribution in [2.75, 3.05) is 0 Å². The summed E-state index contributed by atoms with van der Waals surface area (Å²) in [6, 6.07) is 2.36. The van der Waals surface area contributed by atoms with Crippen LogP contribution in [0.5, 0.6) is 0 Å². The normalized spacial score (nSPS) is 32.0. The molecule has 2 saturated carbocycles. The van der Waals surface area contributed by atoms with E-state index < -0.39 is 0 Å². The summed E-state index contributed by atoms with van der Waals surface area (Å²) in [6.45, 7) is 3.04. The number of nitrogens with zero attached hydrogens (tertiary/aromatic N) is 2. The zero-order valence-electron chi connectivity index (χ0n) is 11.2. The Balaban J connectivity index is 1.69. The van der Waals surface area contributed by atoms with E-state index in [2.05, 4.69) is 28.2 Å². The third kappa shape index (κ3) is 2.08. The predicted octanol–water partition coefficient (Wildman–Crippen LogP) is 2.23. The van der Waals surface area contributed by atoms with Crippen molar-refractivity contribution in [2.45, 2.75) is 51.6 Å². The molecule has 2 fully saturated rings. The Morgan fingerprint density at radius 3 is 3.00 bits per heavy atom. The molecule has 3 N–H and O–H groups in total. The van der Waals surface area contributed by atoms with E-state index in [1.807, 2.05) is 6.20 Å². The summed E-state index contributed by atoms with van der Waals surface area (Å²) in [6.07, 6.45) is 8.85. The molecule has 4 heteroatoms. The second kappa shape index (κ2) is 5.02. The molecule has 18 heavy (non-hydrogen) atoms. The largest absolute Gasteiger partial charge is 0.271 e. The van der Waals surface area contributed by atoms with E-state index >= 15 is 0 Å². The minimum atomic E-state index is 0.261. The maximum absolute atomic E-state index is 5.77. The highest BCUT2D eigenvalue weighted by Crippen LogP contribution is 2.50. The highest BCUT2D eigenvalue weighted by molar-refractivity contribution is 5.08. The van der Waals surface area contributed by atoms with Gasteiger partial charge < -0.3 is 0 Å². The Bertz CT molecular complexity index is 400. The average molecular weight is 248 g/mol. The van der Waals surface area contributed by atoms with Crippen LogP contribution in [-0.2, 0) is 6.54 Å². The zero-order chi connectivity index (χ0) is 12.5. The number of nitrogens with one attached hydrogen (secondary N) is 1. The van der Waals surface area contributed by atoms with Crippen molar-refractivity contribution in [1.29, 1.82) is 0 Å². The first-order valence-corrected chi connectivity index (χ1v) is 7.29. The fourth-order valence-electron chi connectivity index (χ4n) is 4.15. The van der Waals surface area contributed by atoms with Crippen LogP contribution in [-0.4, -0.2) is 9.78 Å². The van der Waals surface area contributed by atoms with Gasteiger partial charge in [-0.15, -0.1) is 0 Å². The Morgan fingerprint density at radius 2 is 2.39 bits per heavy atom. The lowest BCUT2D eigenvalue weighted by Crippen LogP contribution is -2.32. The van der Waals surface area contributed by atoms with E-state index in [4.69, 9.17) is 5.84 Å². The number of hydrogen-bond donors (Lipinski definition) is 2. The Hall–Kier alpha value is -0.870. The molecular formula is C14H24N4. The summed E-state index contributed by atoms with van der Waals surface area (Å²) in [5.41, 5.74) is 4.24. The predicted molar refractivity (Wildman–Crippen MR) is 71.5 cm³/mol. The maximum Gasteiger partial charge on any atom is 0.0631 e. The first-order valence-electron chi connectivity index (χ1n) is 7.29. The van der Waals surface area contributed by atoms with Crippen LogP contribution in [0.1, 0.15) is 50.8 Å². The molecule has 4 nitrogen and oxygen atoms in total. The molecule has 3 rings (SSSR count). The van der Waals surface area contributed by atoms with E-state index in [1.54, 1.807) is 0 Å². The zero-order valence-corrected chi connectivity index (χ0v) is 11.2. The molecule has 0 saturated heterocycles. The number of aromatic nitrogens is 2.